The van der Waals surface area contributed by atoms with Crippen molar-refractivity contribution in [3.63, 3.8) is 0 Å². The van der Waals surface area contributed by atoms with Gasteiger partial charge in [0.1, 0.15) is 5.60 Å². The van der Waals surface area contributed by atoms with Gasteiger partial charge >= 0.3 is 6.09 Å². The molecular formula is C18H27NO3. The van der Waals surface area contributed by atoms with E-state index in [0.717, 1.165) is 18.4 Å². The summed E-state index contributed by atoms with van der Waals surface area (Å²) in [6.07, 6.45) is 1.74. The Morgan fingerprint density at radius 2 is 1.86 bits per heavy atom. The molecule has 1 aromatic rings. The molecule has 122 valence electrons. The zero-order valence-electron chi connectivity index (χ0n) is 13.8. The lowest BCUT2D eigenvalue weighted by molar-refractivity contribution is 0.00800. The van der Waals surface area contributed by atoms with Gasteiger partial charge < -0.3 is 14.7 Å². The predicted molar refractivity (Wildman–Crippen MR) is 86.7 cm³/mol. The number of hydrogen-bond acceptors (Lipinski definition) is 3. The Morgan fingerprint density at radius 3 is 2.41 bits per heavy atom. The maximum Gasteiger partial charge on any atom is 0.410 e. The molecule has 4 heteroatoms. The molecule has 1 saturated heterocycles. The van der Waals surface area contributed by atoms with Crippen molar-refractivity contribution in [2.75, 3.05) is 13.1 Å². The van der Waals surface area contributed by atoms with E-state index in [9.17, 15) is 9.90 Å². The zero-order valence-corrected chi connectivity index (χ0v) is 13.8. The van der Waals surface area contributed by atoms with Crippen LogP contribution in [-0.4, -0.2) is 40.9 Å². The molecule has 0 aliphatic carbocycles. The smallest absolute Gasteiger partial charge is 0.410 e. The van der Waals surface area contributed by atoms with E-state index < -0.39 is 5.60 Å². The second-order valence-electron chi connectivity index (χ2n) is 7.06. The van der Waals surface area contributed by atoms with Gasteiger partial charge in [0.2, 0.25) is 0 Å². The fourth-order valence-electron chi connectivity index (χ4n) is 2.82. The molecule has 1 unspecified atom stereocenters. The summed E-state index contributed by atoms with van der Waals surface area (Å²) in [6, 6.07) is 10.0. The molecule has 1 amide bonds. The number of carbonyl (C=O) groups excluding carboxylic acids is 1. The first-order chi connectivity index (χ1) is 10.3. The number of nitrogens with zero attached hydrogens (tertiary/aromatic N) is 1. The number of ether oxygens (including phenoxy) is 1. The van der Waals surface area contributed by atoms with E-state index in [0.29, 0.717) is 19.5 Å². The third-order valence-corrected chi connectivity index (χ3v) is 4.02. The molecule has 22 heavy (non-hydrogen) atoms. The summed E-state index contributed by atoms with van der Waals surface area (Å²) in [5, 5.41) is 10.4. The van der Waals surface area contributed by atoms with Gasteiger partial charge in [-0.3, -0.25) is 0 Å². The van der Waals surface area contributed by atoms with Crippen LogP contribution < -0.4 is 0 Å². The Bertz CT molecular complexity index is 473. The van der Waals surface area contributed by atoms with Crippen LogP contribution in [0.1, 0.15) is 39.2 Å². The lowest BCUT2D eigenvalue weighted by atomic mass is 9.88. The largest absolute Gasteiger partial charge is 0.444 e. The van der Waals surface area contributed by atoms with E-state index in [1.165, 1.54) is 0 Å². The minimum atomic E-state index is -0.458. The van der Waals surface area contributed by atoms with Gasteiger partial charge in [-0.1, -0.05) is 30.3 Å². The number of piperidine rings is 1. The van der Waals surface area contributed by atoms with Gasteiger partial charge in [-0.2, -0.15) is 0 Å². The molecule has 1 N–H and O–H groups in total. The van der Waals surface area contributed by atoms with Crippen molar-refractivity contribution in [3.05, 3.63) is 35.9 Å². The van der Waals surface area contributed by atoms with Gasteiger partial charge in [-0.25, -0.2) is 4.79 Å². The van der Waals surface area contributed by atoms with E-state index in [1.54, 1.807) is 4.90 Å². The van der Waals surface area contributed by atoms with Crippen LogP contribution in [0.4, 0.5) is 4.79 Å². The highest BCUT2D eigenvalue weighted by Gasteiger charge is 2.29. The summed E-state index contributed by atoms with van der Waals surface area (Å²) in [5.74, 6) is 0.249. The minimum Gasteiger partial charge on any atom is -0.444 e. The monoisotopic (exact) mass is 305 g/mol. The zero-order chi connectivity index (χ0) is 16.2. The van der Waals surface area contributed by atoms with Crippen molar-refractivity contribution in [1.29, 1.82) is 0 Å². The summed E-state index contributed by atoms with van der Waals surface area (Å²) in [5.41, 5.74) is 0.699. The highest BCUT2D eigenvalue weighted by atomic mass is 16.6. The maximum atomic E-state index is 12.0. The van der Waals surface area contributed by atoms with Crippen LogP contribution >= 0.6 is 0 Å². The lowest BCUT2D eigenvalue weighted by Crippen LogP contribution is -2.43. The summed E-state index contributed by atoms with van der Waals surface area (Å²) in [4.78, 5) is 13.8. The molecule has 4 nitrogen and oxygen atoms in total. The third kappa shape index (κ3) is 5.02. The molecule has 0 aromatic heterocycles. The van der Waals surface area contributed by atoms with Gasteiger partial charge in [-0.05, 0) is 51.5 Å². The molecule has 1 aliphatic rings. The van der Waals surface area contributed by atoms with Crippen LogP contribution in [0.25, 0.3) is 0 Å². The van der Waals surface area contributed by atoms with Crippen molar-refractivity contribution < 1.29 is 14.6 Å². The van der Waals surface area contributed by atoms with E-state index in [1.807, 2.05) is 51.1 Å². The quantitative estimate of drug-likeness (QED) is 0.932. The first kappa shape index (κ1) is 16.8. The van der Waals surface area contributed by atoms with Crippen molar-refractivity contribution in [1.82, 2.24) is 4.90 Å². The summed E-state index contributed by atoms with van der Waals surface area (Å²) >= 11 is 0. The number of hydrogen-bond donors (Lipinski definition) is 1. The maximum absolute atomic E-state index is 12.0. The van der Waals surface area contributed by atoms with E-state index in [2.05, 4.69) is 0 Å². The molecule has 1 heterocycles. The molecule has 0 spiro atoms. The molecule has 1 aliphatic heterocycles. The second-order valence-corrected chi connectivity index (χ2v) is 7.06. The van der Waals surface area contributed by atoms with Crippen LogP contribution in [0.2, 0.25) is 0 Å². The Kier molecular flexibility index (Phi) is 5.46. The number of carbonyl (C=O) groups is 1. The van der Waals surface area contributed by atoms with Gasteiger partial charge in [0.15, 0.2) is 0 Å². The standard InChI is InChI=1S/C18H27NO3/c1-18(2,3)22-17(21)19-11-9-15(10-12-19)16(20)13-14-7-5-4-6-8-14/h4-8,15-16,20H,9-13H2,1-3H3. The van der Waals surface area contributed by atoms with E-state index in [-0.39, 0.29) is 18.1 Å². The van der Waals surface area contributed by atoms with Crippen LogP contribution in [0.15, 0.2) is 30.3 Å². The first-order valence-corrected chi connectivity index (χ1v) is 8.05. The van der Waals surface area contributed by atoms with Crippen LogP contribution in [0, 0.1) is 5.92 Å². The molecular weight excluding hydrogens is 278 g/mol. The van der Waals surface area contributed by atoms with Crippen LogP contribution in [0.3, 0.4) is 0 Å². The fourth-order valence-corrected chi connectivity index (χ4v) is 2.82. The summed E-state index contributed by atoms with van der Waals surface area (Å²) < 4.78 is 5.39. The number of benzene rings is 1. The Morgan fingerprint density at radius 1 is 1.27 bits per heavy atom. The average molecular weight is 305 g/mol. The van der Waals surface area contributed by atoms with Gasteiger partial charge in [0, 0.05) is 13.1 Å². The Balaban J connectivity index is 1.80. The predicted octanol–water partition coefficient (Wildman–Crippen LogP) is 3.24. The highest BCUT2D eigenvalue weighted by Crippen LogP contribution is 2.24. The third-order valence-electron chi connectivity index (χ3n) is 4.02. The average Bonchev–Trinajstić information content (AvgIpc) is 2.46. The van der Waals surface area contributed by atoms with Gasteiger partial charge in [-0.15, -0.1) is 0 Å². The summed E-state index contributed by atoms with van der Waals surface area (Å²) in [7, 11) is 0. The number of likely N-dealkylation sites (tertiary alicyclic amines) is 1. The Labute approximate surface area is 133 Å². The number of aliphatic hydroxyl groups excluding tert-OH is 1. The molecule has 1 fully saturated rings. The van der Waals surface area contributed by atoms with Crippen LogP contribution in [-0.2, 0) is 11.2 Å². The second kappa shape index (κ2) is 7.14. The molecule has 0 bridgehead atoms. The van der Waals surface area contributed by atoms with Gasteiger partial charge in [0.25, 0.3) is 0 Å². The molecule has 1 atom stereocenters. The first-order valence-electron chi connectivity index (χ1n) is 8.05. The topological polar surface area (TPSA) is 49.8 Å². The lowest BCUT2D eigenvalue weighted by Gasteiger charge is -2.35. The van der Waals surface area contributed by atoms with Crippen molar-refractivity contribution in [2.24, 2.45) is 5.92 Å². The molecule has 0 radical (unpaired) electrons. The van der Waals surface area contributed by atoms with Crippen molar-refractivity contribution >= 4 is 6.09 Å². The van der Waals surface area contributed by atoms with Gasteiger partial charge in [0.05, 0.1) is 6.10 Å². The fraction of sp³-hybridized carbons (Fsp3) is 0.611. The number of rotatable bonds is 3. The normalized spacial score (nSPS) is 18.1. The number of aliphatic hydroxyl groups is 1. The van der Waals surface area contributed by atoms with Crippen LogP contribution in [0.5, 0.6) is 0 Å². The summed E-state index contributed by atoms with van der Waals surface area (Å²) in [6.45, 7) is 6.95. The highest BCUT2D eigenvalue weighted by molar-refractivity contribution is 5.68. The van der Waals surface area contributed by atoms with E-state index >= 15 is 0 Å². The molecule has 0 saturated carbocycles. The molecule has 1 aromatic carbocycles. The SMILES string of the molecule is CC(C)(C)OC(=O)N1CCC(C(O)Cc2ccccc2)CC1. The van der Waals surface area contributed by atoms with E-state index in [4.69, 9.17) is 4.74 Å². The minimum absolute atomic E-state index is 0.247. The number of amides is 1. The van der Waals surface area contributed by atoms with Crippen molar-refractivity contribution in [2.45, 2.75) is 51.7 Å². The Hall–Kier alpha value is -1.55. The van der Waals surface area contributed by atoms with Crippen molar-refractivity contribution in [3.8, 4) is 0 Å². The molecule has 2 rings (SSSR count).